The minimum atomic E-state index is 0.520. The number of carbonyl (C=O) groups excluding carboxylic acids is 1. The number of Topliss-reactive ketones (excluding diaryl/α,β-unsaturated/α-hetero) is 1. The number of hydrogen-bond acceptors (Lipinski definition) is 1. The van der Waals surface area contributed by atoms with Gasteiger partial charge >= 0.3 is 0 Å². The molecule has 0 radical (unpaired) electrons. The lowest BCUT2D eigenvalue weighted by molar-refractivity contribution is -0.119. The van der Waals surface area contributed by atoms with Crippen molar-refractivity contribution >= 4 is 5.78 Å². The van der Waals surface area contributed by atoms with Gasteiger partial charge in [0.15, 0.2) is 0 Å². The van der Waals surface area contributed by atoms with Crippen molar-refractivity contribution in [3.8, 4) is 0 Å². The van der Waals surface area contributed by atoms with Crippen molar-refractivity contribution in [3.05, 3.63) is 36.4 Å². The lowest BCUT2D eigenvalue weighted by Crippen LogP contribution is -1.97. The molecule has 0 heterocycles. The van der Waals surface area contributed by atoms with E-state index >= 15 is 0 Å². The number of carbonyl (C=O) groups is 1. The fourth-order valence-electron chi connectivity index (χ4n) is 4.48. The Bertz CT molecular complexity index is 426. The van der Waals surface area contributed by atoms with Crippen molar-refractivity contribution in [1.29, 1.82) is 0 Å². The molecule has 0 aliphatic carbocycles. The second-order valence-electron chi connectivity index (χ2n) is 10.3. The van der Waals surface area contributed by atoms with Gasteiger partial charge in [-0.05, 0) is 12.8 Å². The van der Waals surface area contributed by atoms with Gasteiger partial charge in [-0.1, -0.05) is 179 Å². The lowest BCUT2D eigenvalue weighted by Gasteiger charge is -2.04. The van der Waals surface area contributed by atoms with Crippen LogP contribution in [0.25, 0.3) is 0 Å². The van der Waals surface area contributed by atoms with Gasteiger partial charge in [0.1, 0.15) is 5.78 Å². The molecule has 34 heavy (non-hydrogen) atoms. The number of rotatable bonds is 24. The smallest absolute Gasteiger partial charge is 0.132 e. The molecular weight excluding hydrogens is 412 g/mol. The molecule has 0 saturated heterocycles. The standard InChI is InChI=1S/C27H54O.C6H6/c1-3-5-7-9-11-13-15-17-19-21-23-25-27(28)26-24-22-20-18-16-14-12-10-8-6-4-2;1-2-4-6-5-3-1/h3-26H2,1-2H3;1-6H. The summed E-state index contributed by atoms with van der Waals surface area (Å²) < 4.78 is 0. The molecule has 0 amide bonds. The van der Waals surface area contributed by atoms with Crippen molar-refractivity contribution < 1.29 is 4.79 Å². The molecule has 0 atom stereocenters. The van der Waals surface area contributed by atoms with Gasteiger partial charge in [-0.2, -0.15) is 0 Å². The Kier molecular flexibility index (Phi) is 28.9. The van der Waals surface area contributed by atoms with E-state index in [1.807, 2.05) is 36.4 Å². The first-order chi connectivity index (χ1) is 16.8. The van der Waals surface area contributed by atoms with Gasteiger partial charge < -0.3 is 0 Å². The van der Waals surface area contributed by atoms with E-state index in [0.717, 1.165) is 25.7 Å². The molecule has 1 rings (SSSR count). The zero-order chi connectivity index (χ0) is 24.8. The molecule has 0 fully saturated rings. The predicted octanol–water partition coefficient (Wildman–Crippen LogP) is 11.6. The van der Waals surface area contributed by atoms with E-state index in [-0.39, 0.29) is 0 Å². The quantitative estimate of drug-likeness (QED) is 0.137. The minimum absolute atomic E-state index is 0.520. The van der Waals surface area contributed by atoms with Gasteiger partial charge in [0, 0.05) is 12.8 Å². The Hall–Kier alpha value is -1.11. The minimum Gasteiger partial charge on any atom is -0.300 e. The highest BCUT2D eigenvalue weighted by Crippen LogP contribution is 2.14. The van der Waals surface area contributed by atoms with Crippen molar-refractivity contribution in [2.24, 2.45) is 0 Å². The van der Waals surface area contributed by atoms with Crippen LogP contribution in [0.4, 0.5) is 0 Å². The van der Waals surface area contributed by atoms with Crippen LogP contribution in [-0.4, -0.2) is 5.78 Å². The molecule has 0 saturated carbocycles. The first-order valence-corrected chi connectivity index (χ1v) is 15.3. The monoisotopic (exact) mass is 472 g/mol. The fourth-order valence-corrected chi connectivity index (χ4v) is 4.48. The molecule has 0 N–H and O–H groups in total. The van der Waals surface area contributed by atoms with E-state index in [2.05, 4.69) is 13.8 Å². The summed E-state index contributed by atoms with van der Waals surface area (Å²) >= 11 is 0. The summed E-state index contributed by atoms with van der Waals surface area (Å²) in [4.78, 5) is 12.0. The maximum atomic E-state index is 12.0. The Labute approximate surface area is 214 Å². The van der Waals surface area contributed by atoms with Gasteiger partial charge in [0.25, 0.3) is 0 Å². The molecule has 0 spiro atoms. The maximum Gasteiger partial charge on any atom is 0.132 e. The van der Waals surface area contributed by atoms with Crippen molar-refractivity contribution in [2.75, 3.05) is 0 Å². The van der Waals surface area contributed by atoms with E-state index in [1.165, 1.54) is 128 Å². The van der Waals surface area contributed by atoms with Gasteiger partial charge in [-0.15, -0.1) is 0 Å². The summed E-state index contributed by atoms with van der Waals surface area (Å²) in [7, 11) is 0. The van der Waals surface area contributed by atoms with Crippen LogP contribution in [0.2, 0.25) is 0 Å². The second-order valence-corrected chi connectivity index (χ2v) is 10.3. The van der Waals surface area contributed by atoms with E-state index in [9.17, 15) is 4.79 Å². The van der Waals surface area contributed by atoms with Gasteiger partial charge in [0.2, 0.25) is 0 Å². The van der Waals surface area contributed by atoms with Crippen molar-refractivity contribution in [2.45, 2.75) is 168 Å². The third kappa shape index (κ3) is 28.9. The van der Waals surface area contributed by atoms with Gasteiger partial charge in [0.05, 0.1) is 0 Å². The molecule has 0 aromatic heterocycles. The highest BCUT2D eigenvalue weighted by Gasteiger charge is 2.02. The number of unbranched alkanes of at least 4 members (excludes halogenated alkanes) is 20. The maximum absolute atomic E-state index is 12.0. The van der Waals surface area contributed by atoms with E-state index in [1.54, 1.807) is 0 Å². The van der Waals surface area contributed by atoms with Crippen LogP contribution in [0.5, 0.6) is 0 Å². The lowest BCUT2D eigenvalue weighted by atomic mass is 10.0. The molecule has 1 aromatic rings. The molecule has 1 nitrogen and oxygen atoms in total. The van der Waals surface area contributed by atoms with Gasteiger partial charge in [-0.25, -0.2) is 0 Å². The van der Waals surface area contributed by atoms with Gasteiger partial charge in [-0.3, -0.25) is 4.79 Å². The number of ketones is 1. The summed E-state index contributed by atoms with van der Waals surface area (Å²) in [5.41, 5.74) is 0. The molecule has 1 heteroatoms. The Morgan fingerprint density at radius 2 is 0.559 bits per heavy atom. The number of benzene rings is 1. The number of hydrogen-bond donors (Lipinski definition) is 0. The zero-order valence-corrected chi connectivity index (χ0v) is 23.3. The van der Waals surface area contributed by atoms with Crippen LogP contribution in [0, 0.1) is 0 Å². The topological polar surface area (TPSA) is 17.1 Å². The average molecular weight is 473 g/mol. The third-order valence-corrected chi connectivity index (χ3v) is 6.79. The van der Waals surface area contributed by atoms with E-state index < -0.39 is 0 Å². The highest BCUT2D eigenvalue weighted by atomic mass is 16.1. The summed E-state index contributed by atoms with van der Waals surface area (Å²) in [6.07, 6.45) is 31.6. The van der Waals surface area contributed by atoms with Crippen molar-refractivity contribution in [1.82, 2.24) is 0 Å². The Morgan fingerprint density at radius 3 is 0.794 bits per heavy atom. The molecule has 0 bridgehead atoms. The predicted molar refractivity (Wildman–Crippen MR) is 154 cm³/mol. The largest absolute Gasteiger partial charge is 0.300 e. The van der Waals surface area contributed by atoms with E-state index in [0.29, 0.717) is 5.78 Å². The third-order valence-electron chi connectivity index (χ3n) is 6.79. The first-order valence-electron chi connectivity index (χ1n) is 15.3. The fraction of sp³-hybridized carbons (Fsp3) is 0.788. The Morgan fingerprint density at radius 1 is 0.353 bits per heavy atom. The first kappa shape index (κ1) is 32.9. The molecular formula is C33H60O. The molecule has 0 aliphatic heterocycles. The van der Waals surface area contributed by atoms with Crippen molar-refractivity contribution in [3.63, 3.8) is 0 Å². The highest BCUT2D eigenvalue weighted by molar-refractivity contribution is 5.78. The van der Waals surface area contributed by atoms with Crippen LogP contribution in [0.1, 0.15) is 168 Å². The molecule has 0 unspecified atom stereocenters. The molecule has 0 aliphatic rings. The zero-order valence-electron chi connectivity index (χ0n) is 23.3. The summed E-state index contributed by atoms with van der Waals surface area (Å²) in [6, 6.07) is 12.0. The Balaban J connectivity index is 0.00000156. The molecule has 1 aromatic carbocycles. The molecule has 198 valence electrons. The van der Waals surface area contributed by atoms with Crippen LogP contribution >= 0.6 is 0 Å². The summed E-state index contributed by atoms with van der Waals surface area (Å²) in [5, 5.41) is 0. The summed E-state index contributed by atoms with van der Waals surface area (Å²) in [5.74, 6) is 0.520. The average Bonchev–Trinajstić information content (AvgIpc) is 2.87. The normalized spacial score (nSPS) is 10.6. The van der Waals surface area contributed by atoms with Crippen LogP contribution in [-0.2, 0) is 4.79 Å². The second kappa shape index (κ2) is 29.9. The SMILES string of the molecule is CCCCCCCCCCCCCC(=O)CCCCCCCCCCCCC.c1ccccc1. The van der Waals surface area contributed by atoms with Crippen LogP contribution in [0.15, 0.2) is 36.4 Å². The van der Waals surface area contributed by atoms with E-state index in [4.69, 9.17) is 0 Å². The van der Waals surface area contributed by atoms with Crippen LogP contribution in [0.3, 0.4) is 0 Å². The van der Waals surface area contributed by atoms with Crippen LogP contribution < -0.4 is 0 Å². The summed E-state index contributed by atoms with van der Waals surface area (Å²) in [6.45, 7) is 4.56.